The Morgan fingerprint density at radius 2 is 0.923 bits per heavy atom. The number of benzene rings is 9. The smallest absolute Gasteiger partial charge is 0.0437 e. The van der Waals surface area contributed by atoms with Crippen molar-refractivity contribution >= 4 is 63.8 Å². The molecule has 52 heavy (non-hydrogen) atoms. The summed E-state index contributed by atoms with van der Waals surface area (Å²) < 4.78 is 2.75. The van der Waals surface area contributed by atoms with E-state index in [-0.39, 0.29) is 5.41 Å². The van der Waals surface area contributed by atoms with Gasteiger partial charge in [-0.3, -0.25) is 0 Å². The van der Waals surface area contributed by atoms with Gasteiger partial charge >= 0.3 is 0 Å². The van der Waals surface area contributed by atoms with E-state index in [4.69, 9.17) is 0 Å². The van der Waals surface area contributed by atoms with Crippen LogP contribution in [0.1, 0.15) is 25.0 Å². The van der Waals surface area contributed by atoms with Crippen molar-refractivity contribution in [3.05, 3.63) is 181 Å². The van der Waals surface area contributed by atoms with E-state index in [0.29, 0.717) is 0 Å². The quantitative estimate of drug-likeness (QED) is 0.163. The number of hydrogen-bond donors (Lipinski definition) is 0. The minimum Gasteiger partial charge on any atom is -0.135 e. The Morgan fingerprint density at radius 3 is 1.63 bits per heavy atom. The van der Waals surface area contributed by atoms with Crippen LogP contribution in [0.4, 0.5) is 0 Å². The molecule has 0 atom stereocenters. The Kier molecular flexibility index (Phi) is 6.27. The molecule has 0 spiro atoms. The topological polar surface area (TPSA) is 0 Å². The Morgan fingerprint density at radius 1 is 0.385 bits per heavy atom. The SMILES string of the molecule is CC1(C)c2ccccc2-c2c1c(-c1ccc(-c3c4ccccc4c(-c4ccc5ccccc5c4)c4ccccc34)cc1)cc1c2sc2ccccc21. The maximum absolute atomic E-state index is 2.48. The first-order valence-corrected chi connectivity index (χ1v) is 19.0. The van der Waals surface area contributed by atoms with Gasteiger partial charge in [-0.1, -0.05) is 166 Å². The van der Waals surface area contributed by atoms with Crippen LogP contribution >= 0.6 is 11.3 Å². The zero-order valence-electron chi connectivity index (χ0n) is 29.1. The van der Waals surface area contributed by atoms with Gasteiger partial charge in [0.1, 0.15) is 0 Å². The average molecular weight is 679 g/mol. The molecule has 1 aliphatic carbocycles. The van der Waals surface area contributed by atoms with Crippen LogP contribution < -0.4 is 0 Å². The van der Waals surface area contributed by atoms with E-state index < -0.39 is 0 Å². The highest BCUT2D eigenvalue weighted by Crippen LogP contribution is 2.57. The molecule has 1 heteroatoms. The second-order valence-corrected chi connectivity index (χ2v) is 15.9. The summed E-state index contributed by atoms with van der Waals surface area (Å²) in [6.45, 7) is 4.81. The Hall–Kier alpha value is -6.02. The van der Waals surface area contributed by atoms with Crippen molar-refractivity contribution in [3.63, 3.8) is 0 Å². The second kappa shape index (κ2) is 11.0. The number of hydrogen-bond acceptors (Lipinski definition) is 1. The lowest BCUT2D eigenvalue weighted by molar-refractivity contribution is 0.662. The molecular weight excluding hydrogens is 645 g/mol. The molecule has 244 valence electrons. The zero-order chi connectivity index (χ0) is 34.6. The Bertz CT molecular complexity index is 3030. The Labute approximate surface area is 307 Å². The van der Waals surface area contributed by atoms with Crippen LogP contribution in [0, 0.1) is 0 Å². The highest BCUT2D eigenvalue weighted by atomic mass is 32.1. The van der Waals surface area contributed by atoms with E-state index in [0.717, 1.165) is 0 Å². The van der Waals surface area contributed by atoms with E-state index in [1.165, 1.54) is 108 Å². The van der Waals surface area contributed by atoms with Gasteiger partial charge in [0, 0.05) is 31.2 Å². The van der Waals surface area contributed by atoms with E-state index in [1.807, 2.05) is 11.3 Å². The van der Waals surface area contributed by atoms with Crippen molar-refractivity contribution in [2.75, 3.05) is 0 Å². The zero-order valence-corrected chi connectivity index (χ0v) is 29.9. The summed E-state index contributed by atoms with van der Waals surface area (Å²) in [7, 11) is 0. The summed E-state index contributed by atoms with van der Waals surface area (Å²) in [5.41, 5.74) is 13.2. The monoisotopic (exact) mass is 678 g/mol. The lowest BCUT2D eigenvalue weighted by Crippen LogP contribution is -2.16. The summed E-state index contributed by atoms with van der Waals surface area (Å²) in [6.07, 6.45) is 0. The largest absolute Gasteiger partial charge is 0.135 e. The standard InChI is InChI=1S/C51H34S/c1-51(2)44-21-11-9-20-41(44)48-49(51)42(30-43-36-15-10-12-22-45(36)52-50(43)48)32-24-26-33(27-25-32)46-37-16-5-7-18-39(37)47(40-19-8-6-17-38(40)46)35-28-23-31-13-3-4-14-34(31)29-35/h3-30H,1-2H3. The number of rotatable bonds is 3. The first-order chi connectivity index (χ1) is 25.6. The third-order valence-corrected chi connectivity index (χ3v) is 12.8. The van der Waals surface area contributed by atoms with Crippen LogP contribution in [-0.2, 0) is 5.41 Å². The van der Waals surface area contributed by atoms with Gasteiger partial charge < -0.3 is 0 Å². The summed E-state index contributed by atoms with van der Waals surface area (Å²) in [4.78, 5) is 0. The van der Waals surface area contributed by atoms with Crippen molar-refractivity contribution < 1.29 is 0 Å². The van der Waals surface area contributed by atoms with Crippen molar-refractivity contribution in [2.45, 2.75) is 19.3 Å². The molecule has 0 unspecified atom stereocenters. The van der Waals surface area contributed by atoms with Gasteiger partial charge in [0.2, 0.25) is 0 Å². The van der Waals surface area contributed by atoms with Gasteiger partial charge in [0.15, 0.2) is 0 Å². The summed E-state index contributed by atoms with van der Waals surface area (Å²) >= 11 is 1.94. The van der Waals surface area contributed by atoms with Gasteiger partial charge in [-0.2, -0.15) is 0 Å². The highest BCUT2D eigenvalue weighted by molar-refractivity contribution is 7.26. The van der Waals surface area contributed by atoms with Gasteiger partial charge in [0.25, 0.3) is 0 Å². The molecule has 0 nitrogen and oxygen atoms in total. The maximum Gasteiger partial charge on any atom is 0.0437 e. The van der Waals surface area contributed by atoms with E-state index in [9.17, 15) is 0 Å². The fourth-order valence-corrected chi connectivity index (χ4v) is 10.5. The third kappa shape index (κ3) is 4.15. The molecule has 0 bridgehead atoms. The molecule has 11 rings (SSSR count). The molecular formula is C51H34S. The van der Waals surface area contributed by atoms with Gasteiger partial charge in [0.05, 0.1) is 0 Å². The molecule has 10 aromatic rings. The molecule has 0 fully saturated rings. The first-order valence-electron chi connectivity index (χ1n) is 18.2. The highest BCUT2D eigenvalue weighted by Gasteiger charge is 2.39. The molecule has 0 saturated carbocycles. The molecule has 0 amide bonds. The van der Waals surface area contributed by atoms with Crippen molar-refractivity contribution in [3.8, 4) is 44.5 Å². The predicted molar refractivity (Wildman–Crippen MR) is 226 cm³/mol. The molecule has 9 aromatic carbocycles. The first kappa shape index (κ1) is 29.7. The molecule has 0 radical (unpaired) electrons. The van der Waals surface area contributed by atoms with Gasteiger partial charge in [-0.15, -0.1) is 11.3 Å². The number of thiophene rings is 1. The summed E-state index contributed by atoms with van der Waals surface area (Å²) in [6, 6.07) is 63.4. The molecule has 1 heterocycles. The fraction of sp³-hybridized carbons (Fsp3) is 0.0588. The molecule has 0 N–H and O–H groups in total. The average Bonchev–Trinajstić information content (AvgIpc) is 3.68. The van der Waals surface area contributed by atoms with Crippen LogP contribution in [-0.4, -0.2) is 0 Å². The summed E-state index contributed by atoms with van der Waals surface area (Å²) in [5, 5.41) is 10.3. The molecule has 1 aromatic heterocycles. The minimum absolute atomic E-state index is 0.116. The van der Waals surface area contributed by atoms with Gasteiger partial charge in [-0.05, 0) is 101 Å². The molecule has 1 aliphatic rings. The lowest BCUT2D eigenvalue weighted by atomic mass is 9.78. The fourth-order valence-electron chi connectivity index (χ4n) is 9.29. The van der Waals surface area contributed by atoms with Crippen molar-refractivity contribution in [2.24, 2.45) is 0 Å². The van der Waals surface area contributed by atoms with Crippen molar-refractivity contribution in [1.82, 2.24) is 0 Å². The van der Waals surface area contributed by atoms with Gasteiger partial charge in [-0.25, -0.2) is 0 Å². The van der Waals surface area contributed by atoms with Crippen LogP contribution in [0.5, 0.6) is 0 Å². The predicted octanol–water partition coefficient (Wildman–Crippen LogP) is 14.8. The normalized spacial score (nSPS) is 13.3. The second-order valence-electron chi connectivity index (χ2n) is 14.8. The van der Waals surface area contributed by atoms with Crippen LogP contribution in [0.3, 0.4) is 0 Å². The third-order valence-electron chi connectivity index (χ3n) is 11.6. The maximum atomic E-state index is 2.48. The van der Waals surface area contributed by atoms with Crippen LogP contribution in [0.25, 0.3) is 97.0 Å². The number of fused-ring (bicyclic) bond motifs is 10. The van der Waals surface area contributed by atoms with Crippen LogP contribution in [0.15, 0.2) is 170 Å². The Balaban J connectivity index is 1.14. The lowest BCUT2D eigenvalue weighted by Gasteiger charge is -2.25. The summed E-state index contributed by atoms with van der Waals surface area (Å²) in [5.74, 6) is 0. The van der Waals surface area contributed by atoms with Crippen LogP contribution in [0.2, 0.25) is 0 Å². The molecule has 0 saturated heterocycles. The van der Waals surface area contributed by atoms with Crippen molar-refractivity contribution in [1.29, 1.82) is 0 Å². The minimum atomic E-state index is -0.116. The van der Waals surface area contributed by atoms with E-state index >= 15 is 0 Å². The van der Waals surface area contributed by atoms with E-state index in [1.54, 1.807) is 0 Å². The van der Waals surface area contributed by atoms with E-state index in [2.05, 4.69) is 184 Å². The molecule has 0 aliphatic heterocycles.